The number of thiocarbonyl (C=S) groups is 1. The molecule has 0 radical (unpaired) electrons. The molecule has 2 aromatic carbocycles. The van der Waals surface area contributed by atoms with Gasteiger partial charge in [-0.25, -0.2) is 4.39 Å². The minimum absolute atomic E-state index is 0.129. The number of hydrogen-bond donors (Lipinski definition) is 1. The van der Waals surface area contributed by atoms with E-state index in [9.17, 15) is 4.39 Å². The molecule has 0 atom stereocenters. The van der Waals surface area contributed by atoms with Crippen LogP contribution in [0.25, 0.3) is 0 Å². The fraction of sp³-hybridized carbons (Fsp3) is 0.0714. The van der Waals surface area contributed by atoms with Gasteiger partial charge in [-0.1, -0.05) is 46.3 Å². The van der Waals surface area contributed by atoms with Crippen LogP contribution in [0.5, 0.6) is 5.75 Å². The molecule has 0 aromatic heterocycles. The highest BCUT2D eigenvalue weighted by molar-refractivity contribution is 9.10. The summed E-state index contributed by atoms with van der Waals surface area (Å²) in [7, 11) is 0. The average Bonchev–Trinajstić information content (AvgIpc) is 2.38. The van der Waals surface area contributed by atoms with Gasteiger partial charge in [0.2, 0.25) is 0 Å². The van der Waals surface area contributed by atoms with E-state index in [1.165, 1.54) is 6.07 Å². The van der Waals surface area contributed by atoms with Gasteiger partial charge in [0.05, 0.1) is 5.56 Å². The van der Waals surface area contributed by atoms with Gasteiger partial charge < -0.3 is 10.5 Å². The molecular weight excluding hydrogens is 329 g/mol. The van der Waals surface area contributed by atoms with Crippen molar-refractivity contribution in [2.45, 2.75) is 6.61 Å². The molecule has 19 heavy (non-hydrogen) atoms. The molecule has 0 fully saturated rings. The second kappa shape index (κ2) is 6.12. The van der Waals surface area contributed by atoms with Crippen LogP contribution in [0.4, 0.5) is 4.39 Å². The fourth-order valence-corrected chi connectivity index (χ4v) is 2.11. The van der Waals surface area contributed by atoms with Crippen LogP contribution in [0.2, 0.25) is 0 Å². The van der Waals surface area contributed by atoms with Gasteiger partial charge in [-0.3, -0.25) is 0 Å². The van der Waals surface area contributed by atoms with Crippen LogP contribution in [0, 0.1) is 5.82 Å². The summed E-state index contributed by atoms with van der Waals surface area (Å²) in [5.74, 6) is 0.246. The Morgan fingerprint density at radius 2 is 2.00 bits per heavy atom. The maximum Gasteiger partial charge on any atom is 0.130 e. The van der Waals surface area contributed by atoms with Crippen molar-refractivity contribution >= 4 is 33.1 Å². The van der Waals surface area contributed by atoms with Crippen molar-refractivity contribution in [3.63, 3.8) is 0 Å². The second-order valence-corrected chi connectivity index (χ2v) is 5.24. The molecular formula is C14H11BrFNOS. The molecule has 0 aliphatic rings. The molecule has 98 valence electrons. The van der Waals surface area contributed by atoms with E-state index in [1.54, 1.807) is 30.3 Å². The minimum Gasteiger partial charge on any atom is -0.488 e. The van der Waals surface area contributed by atoms with E-state index in [0.29, 0.717) is 16.9 Å². The molecule has 0 amide bonds. The van der Waals surface area contributed by atoms with Crippen molar-refractivity contribution < 1.29 is 9.13 Å². The van der Waals surface area contributed by atoms with Crippen LogP contribution < -0.4 is 10.5 Å². The monoisotopic (exact) mass is 339 g/mol. The Morgan fingerprint density at radius 1 is 1.26 bits per heavy atom. The largest absolute Gasteiger partial charge is 0.488 e. The zero-order valence-corrected chi connectivity index (χ0v) is 12.3. The summed E-state index contributed by atoms with van der Waals surface area (Å²) in [6, 6.07) is 11.8. The fourth-order valence-electron chi connectivity index (χ4n) is 1.59. The average molecular weight is 340 g/mol. The van der Waals surface area contributed by atoms with Gasteiger partial charge >= 0.3 is 0 Å². The van der Waals surface area contributed by atoms with E-state index in [0.717, 1.165) is 4.47 Å². The topological polar surface area (TPSA) is 35.2 Å². The number of hydrogen-bond acceptors (Lipinski definition) is 2. The van der Waals surface area contributed by atoms with Crippen LogP contribution in [-0.4, -0.2) is 4.99 Å². The zero-order chi connectivity index (χ0) is 13.8. The Morgan fingerprint density at radius 3 is 2.68 bits per heavy atom. The third kappa shape index (κ3) is 3.52. The molecule has 0 aliphatic heterocycles. The van der Waals surface area contributed by atoms with Gasteiger partial charge in [0.25, 0.3) is 0 Å². The Hall–Kier alpha value is -1.46. The summed E-state index contributed by atoms with van der Waals surface area (Å²) >= 11 is 8.31. The van der Waals surface area contributed by atoms with E-state index in [-0.39, 0.29) is 17.4 Å². The van der Waals surface area contributed by atoms with E-state index in [2.05, 4.69) is 15.9 Å². The van der Waals surface area contributed by atoms with Crippen LogP contribution >= 0.6 is 28.1 Å². The highest BCUT2D eigenvalue weighted by atomic mass is 79.9. The lowest BCUT2D eigenvalue weighted by Crippen LogP contribution is -2.12. The molecule has 0 bridgehead atoms. The lowest BCUT2D eigenvalue weighted by molar-refractivity contribution is 0.299. The number of benzene rings is 2. The van der Waals surface area contributed by atoms with Gasteiger partial charge in [0, 0.05) is 10.0 Å². The highest BCUT2D eigenvalue weighted by Gasteiger charge is 2.09. The standard InChI is InChI=1S/C14H11BrFNOS/c15-10-5-6-13(11(7-10)14(17)19)18-8-9-3-1-2-4-12(9)16/h1-7H,8H2,(H2,17,19). The van der Waals surface area contributed by atoms with Crippen LogP contribution in [0.15, 0.2) is 46.9 Å². The van der Waals surface area contributed by atoms with Crippen LogP contribution in [-0.2, 0) is 6.61 Å². The first kappa shape index (κ1) is 14.0. The first-order valence-corrected chi connectivity index (χ1v) is 6.73. The lowest BCUT2D eigenvalue weighted by Gasteiger charge is -2.11. The Balaban J connectivity index is 2.20. The lowest BCUT2D eigenvalue weighted by atomic mass is 10.2. The molecule has 2 N–H and O–H groups in total. The molecule has 0 spiro atoms. The summed E-state index contributed by atoms with van der Waals surface area (Å²) in [5, 5.41) is 0. The molecule has 5 heteroatoms. The first-order valence-electron chi connectivity index (χ1n) is 5.53. The number of ether oxygens (including phenoxy) is 1. The molecule has 2 aromatic rings. The summed E-state index contributed by atoms with van der Waals surface area (Å²) < 4.78 is 19.9. The van der Waals surface area contributed by atoms with Crippen LogP contribution in [0.1, 0.15) is 11.1 Å². The van der Waals surface area contributed by atoms with Crippen LogP contribution in [0.3, 0.4) is 0 Å². The molecule has 0 saturated heterocycles. The van der Waals surface area contributed by atoms with Gasteiger partial charge in [-0.05, 0) is 24.3 Å². The third-order valence-corrected chi connectivity index (χ3v) is 3.26. The predicted octanol–water partition coefficient (Wildman–Crippen LogP) is 3.80. The smallest absolute Gasteiger partial charge is 0.130 e. The van der Waals surface area contributed by atoms with E-state index < -0.39 is 0 Å². The van der Waals surface area contributed by atoms with E-state index in [4.69, 9.17) is 22.7 Å². The van der Waals surface area contributed by atoms with E-state index in [1.807, 2.05) is 6.07 Å². The van der Waals surface area contributed by atoms with Crippen molar-refractivity contribution in [2.75, 3.05) is 0 Å². The minimum atomic E-state index is -0.295. The van der Waals surface area contributed by atoms with Crippen molar-refractivity contribution in [1.82, 2.24) is 0 Å². The molecule has 2 rings (SSSR count). The Labute approximate surface area is 124 Å². The number of rotatable bonds is 4. The third-order valence-electron chi connectivity index (χ3n) is 2.55. The molecule has 0 saturated carbocycles. The van der Waals surface area contributed by atoms with Gasteiger partial charge in [0.1, 0.15) is 23.2 Å². The summed E-state index contributed by atoms with van der Waals surface area (Å²) in [6.07, 6.45) is 0. The number of halogens is 2. The van der Waals surface area contributed by atoms with E-state index >= 15 is 0 Å². The maximum absolute atomic E-state index is 13.5. The summed E-state index contributed by atoms with van der Waals surface area (Å²) in [6.45, 7) is 0.129. The predicted molar refractivity (Wildman–Crippen MR) is 80.8 cm³/mol. The molecule has 0 aliphatic carbocycles. The van der Waals surface area contributed by atoms with Gasteiger partial charge in [-0.15, -0.1) is 0 Å². The van der Waals surface area contributed by atoms with Crippen molar-refractivity contribution in [1.29, 1.82) is 0 Å². The van der Waals surface area contributed by atoms with Crippen molar-refractivity contribution in [3.05, 3.63) is 63.9 Å². The number of nitrogens with two attached hydrogens (primary N) is 1. The second-order valence-electron chi connectivity index (χ2n) is 3.88. The molecule has 0 heterocycles. The maximum atomic E-state index is 13.5. The molecule has 0 unspecified atom stereocenters. The zero-order valence-electron chi connectivity index (χ0n) is 9.90. The van der Waals surface area contributed by atoms with Crippen molar-refractivity contribution in [2.24, 2.45) is 5.73 Å². The van der Waals surface area contributed by atoms with Gasteiger partial charge in [-0.2, -0.15) is 0 Å². The Bertz CT molecular complexity index is 618. The highest BCUT2D eigenvalue weighted by Crippen LogP contribution is 2.24. The molecule has 2 nitrogen and oxygen atoms in total. The summed E-state index contributed by atoms with van der Waals surface area (Å²) in [4.78, 5) is 0.241. The quantitative estimate of drug-likeness (QED) is 0.860. The van der Waals surface area contributed by atoms with Crippen molar-refractivity contribution in [3.8, 4) is 5.75 Å². The normalized spacial score (nSPS) is 10.2. The van der Waals surface area contributed by atoms with Gasteiger partial charge in [0.15, 0.2) is 0 Å². The summed E-state index contributed by atoms with van der Waals surface area (Å²) in [5.41, 5.74) is 6.75. The SMILES string of the molecule is NC(=S)c1cc(Br)ccc1OCc1ccccc1F. The first-order chi connectivity index (χ1) is 9.08. The Kier molecular flexibility index (Phi) is 4.50.